The van der Waals surface area contributed by atoms with Crippen molar-refractivity contribution in [3.63, 3.8) is 0 Å². The highest BCUT2D eigenvalue weighted by Gasteiger charge is 2.17. The van der Waals surface area contributed by atoms with Gasteiger partial charge in [-0.2, -0.15) is 0 Å². The fourth-order valence-electron chi connectivity index (χ4n) is 2.05. The van der Waals surface area contributed by atoms with Crippen LogP contribution in [0.5, 0.6) is 0 Å². The van der Waals surface area contributed by atoms with E-state index in [1.807, 2.05) is 6.07 Å². The van der Waals surface area contributed by atoms with Crippen LogP contribution in [-0.2, 0) is 0 Å². The van der Waals surface area contributed by atoms with Gasteiger partial charge in [0.05, 0.1) is 0 Å². The van der Waals surface area contributed by atoms with Gasteiger partial charge in [-0.15, -0.1) is 24.8 Å². The summed E-state index contributed by atoms with van der Waals surface area (Å²) in [6.07, 6.45) is 0. The van der Waals surface area contributed by atoms with E-state index < -0.39 is 0 Å². The summed E-state index contributed by atoms with van der Waals surface area (Å²) < 4.78 is 13.1. The molecule has 2 rings (SSSR count). The molecule has 5 heteroatoms. The molecule has 1 fully saturated rings. The number of piperazine rings is 1. The summed E-state index contributed by atoms with van der Waals surface area (Å²) >= 11 is 0. The van der Waals surface area contributed by atoms with E-state index in [9.17, 15) is 4.39 Å². The van der Waals surface area contributed by atoms with Crippen LogP contribution in [0.2, 0.25) is 0 Å². The van der Waals surface area contributed by atoms with Crippen molar-refractivity contribution in [1.29, 1.82) is 0 Å². The van der Waals surface area contributed by atoms with Crippen molar-refractivity contribution < 1.29 is 4.39 Å². The average Bonchev–Trinajstić information content (AvgIpc) is 2.29. The van der Waals surface area contributed by atoms with E-state index in [0.29, 0.717) is 6.04 Å². The van der Waals surface area contributed by atoms with Gasteiger partial charge in [0.15, 0.2) is 0 Å². The lowest BCUT2D eigenvalue weighted by molar-refractivity contribution is 0.185. The Balaban J connectivity index is 0.00000128. The van der Waals surface area contributed by atoms with Gasteiger partial charge in [0, 0.05) is 32.2 Å². The summed E-state index contributed by atoms with van der Waals surface area (Å²) in [7, 11) is 0. The third kappa shape index (κ3) is 4.43. The number of nitrogens with one attached hydrogen (secondary N) is 1. The first-order valence-corrected chi connectivity index (χ1v) is 5.47. The van der Waals surface area contributed by atoms with Crippen molar-refractivity contribution in [3.05, 3.63) is 35.6 Å². The molecule has 1 atom stereocenters. The van der Waals surface area contributed by atoms with Crippen molar-refractivity contribution >= 4 is 24.8 Å². The maximum Gasteiger partial charge on any atom is 0.123 e. The van der Waals surface area contributed by atoms with Gasteiger partial charge in [0.2, 0.25) is 0 Å². The molecule has 2 nitrogen and oxygen atoms in total. The summed E-state index contributed by atoms with van der Waals surface area (Å²) in [4.78, 5) is 2.38. The first-order valence-electron chi connectivity index (χ1n) is 5.47. The fourth-order valence-corrected chi connectivity index (χ4v) is 2.05. The molecular formula is C12H19Cl2FN2. The molecule has 0 saturated carbocycles. The standard InChI is InChI=1S/C12H17FN2.2ClH/c1-10(15-7-5-14-6-8-15)11-3-2-4-12(13)9-11;;/h2-4,9-10,14H,5-8H2,1H3;2*1H/t10-;;/m0../s1. The van der Waals surface area contributed by atoms with E-state index in [1.54, 1.807) is 12.1 Å². The van der Waals surface area contributed by atoms with E-state index >= 15 is 0 Å². The Kier molecular flexibility index (Phi) is 7.71. The highest BCUT2D eigenvalue weighted by atomic mass is 35.5. The number of halogens is 3. The van der Waals surface area contributed by atoms with Crippen LogP contribution in [0.4, 0.5) is 4.39 Å². The molecular weight excluding hydrogens is 262 g/mol. The van der Waals surface area contributed by atoms with Crippen LogP contribution in [0.25, 0.3) is 0 Å². The summed E-state index contributed by atoms with van der Waals surface area (Å²) in [6, 6.07) is 7.21. The molecule has 0 aliphatic carbocycles. The van der Waals surface area contributed by atoms with Crippen molar-refractivity contribution in [2.45, 2.75) is 13.0 Å². The fraction of sp³-hybridized carbons (Fsp3) is 0.500. The molecule has 0 unspecified atom stereocenters. The second-order valence-corrected chi connectivity index (χ2v) is 4.02. The second-order valence-electron chi connectivity index (χ2n) is 4.02. The lowest BCUT2D eigenvalue weighted by Crippen LogP contribution is -2.44. The quantitative estimate of drug-likeness (QED) is 0.896. The predicted molar refractivity (Wildman–Crippen MR) is 73.8 cm³/mol. The molecule has 1 heterocycles. The van der Waals surface area contributed by atoms with Crippen LogP contribution in [0.3, 0.4) is 0 Å². The molecule has 17 heavy (non-hydrogen) atoms. The van der Waals surface area contributed by atoms with E-state index in [2.05, 4.69) is 17.1 Å². The largest absolute Gasteiger partial charge is 0.314 e. The zero-order valence-electron chi connectivity index (χ0n) is 9.86. The molecule has 0 spiro atoms. The Labute approximate surface area is 114 Å². The van der Waals surface area contributed by atoms with Gasteiger partial charge in [-0.3, -0.25) is 4.90 Å². The first-order chi connectivity index (χ1) is 7.27. The maximum atomic E-state index is 13.1. The van der Waals surface area contributed by atoms with E-state index in [0.717, 1.165) is 31.7 Å². The molecule has 1 aromatic carbocycles. The number of hydrogen-bond donors (Lipinski definition) is 1. The number of rotatable bonds is 2. The van der Waals surface area contributed by atoms with Crippen molar-refractivity contribution in [1.82, 2.24) is 10.2 Å². The topological polar surface area (TPSA) is 15.3 Å². The molecule has 1 aromatic rings. The van der Waals surface area contributed by atoms with Gasteiger partial charge in [-0.25, -0.2) is 4.39 Å². The zero-order valence-corrected chi connectivity index (χ0v) is 11.5. The van der Waals surface area contributed by atoms with Gasteiger partial charge >= 0.3 is 0 Å². The van der Waals surface area contributed by atoms with Gasteiger partial charge in [-0.1, -0.05) is 12.1 Å². The first kappa shape index (κ1) is 16.6. The van der Waals surface area contributed by atoms with E-state index in [-0.39, 0.29) is 30.6 Å². The molecule has 1 aliphatic rings. The SMILES string of the molecule is C[C@@H](c1cccc(F)c1)N1CCNCC1.Cl.Cl. The Hall–Kier alpha value is -0.350. The summed E-state index contributed by atoms with van der Waals surface area (Å²) in [5, 5.41) is 3.32. The van der Waals surface area contributed by atoms with Crippen molar-refractivity contribution in [2.75, 3.05) is 26.2 Å². The molecule has 98 valence electrons. The molecule has 1 saturated heterocycles. The minimum Gasteiger partial charge on any atom is -0.314 e. The molecule has 0 amide bonds. The number of nitrogens with zero attached hydrogens (tertiary/aromatic N) is 1. The van der Waals surface area contributed by atoms with Gasteiger partial charge < -0.3 is 5.32 Å². The Bertz CT molecular complexity index is 330. The molecule has 0 aromatic heterocycles. The predicted octanol–water partition coefficient (Wildman–Crippen LogP) is 2.64. The van der Waals surface area contributed by atoms with Crippen LogP contribution in [0, 0.1) is 5.82 Å². The van der Waals surface area contributed by atoms with E-state index in [4.69, 9.17) is 0 Å². The number of benzene rings is 1. The Morgan fingerprint density at radius 3 is 2.47 bits per heavy atom. The minimum atomic E-state index is -0.144. The Morgan fingerprint density at radius 2 is 1.88 bits per heavy atom. The third-order valence-corrected chi connectivity index (χ3v) is 3.03. The summed E-state index contributed by atoms with van der Waals surface area (Å²) in [5.41, 5.74) is 1.07. The smallest absolute Gasteiger partial charge is 0.123 e. The van der Waals surface area contributed by atoms with Crippen LogP contribution in [-0.4, -0.2) is 31.1 Å². The molecule has 1 N–H and O–H groups in total. The monoisotopic (exact) mass is 280 g/mol. The second kappa shape index (κ2) is 7.88. The van der Waals surface area contributed by atoms with Gasteiger partial charge in [0.25, 0.3) is 0 Å². The van der Waals surface area contributed by atoms with Crippen LogP contribution >= 0.6 is 24.8 Å². The van der Waals surface area contributed by atoms with Crippen molar-refractivity contribution in [2.24, 2.45) is 0 Å². The van der Waals surface area contributed by atoms with Gasteiger partial charge in [-0.05, 0) is 24.6 Å². The lowest BCUT2D eigenvalue weighted by atomic mass is 10.1. The molecule has 0 radical (unpaired) electrons. The molecule has 1 aliphatic heterocycles. The van der Waals surface area contributed by atoms with Crippen LogP contribution < -0.4 is 5.32 Å². The van der Waals surface area contributed by atoms with E-state index in [1.165, 1.54) is 6.07 Å². The normalized spacial score (nSPS) is 17.8. The third-order valence-electron chi connectivity index (χ3n) is 3.03. The lowest BCUT2D eigenvalue weighted by Gasteiger charge is -2.33. The molecule has 0 bridgehead atoms. The highest BCUT2D eigenvalue weighted by molar-refractivity contribution is 5.85. The zero-order chi connectivity index (χ0) is 10.7. The summed E-state index contributed by atoms with van der Waals surface area (Å²) in [5.74, 6) is -0.144. The van der Waals surface area contributed by atoms with Crippen molar-refractivity contribution in [3.8, 4) is 0 Å². The maximum absolute atomic E-state index is 13.1. The average molecular weight is 281 g/mol. The number of hydrogen-bond acceptors (Lipinski definition) is 2. The van der Waals surface area contributed by atoms with Crippen LogP contribution in [0.15, 0.2) is 24.3 Å². The minimum absolute atomic E-state index is 0. The highest BCUT2D eigenvalue weighted by Crippen LogP contribution is 2.20. The van der Waals surface area contributed by atoms with Crippen LogP contribution in [0.1, 0.15) is 18.5 Å². The Morgan fingerprint density at radius 1 is 1.24 bits per heavy atom. The van der Waals surface area contributed by atoms with Gasteiger partial charge in [0.1, 0.15) is 5.82 Å². The summed E-state index contributed by atoms with van der Waals surface area (Å²) in [6.45, 7) is 6.27.